The second kappa shape index (κ2) is 4.92. The molecule has 1 aromatic heterocycles. The van der Waals surface area contributed by atoms with Crippen molar-refractivity contribution < 1.29 is 0 Å². The first-order valence-corrected chi connectivity index (χ1v) is 7.18. The van der Waals surface area contributed by atoms with E-state index in [9.17, 15) is 0 Å². The lowest BCUT2D eigenvalue weighted by atomic mass is 9.78. The molecule has 3 rings (SSSR count). The highest BCUT2D eigenvalue weighted by molar-refractivity contribution is 6.28. The molecule has 1 aromatic rings. The largest absolute Gasteiger partial charge is 0.394 e. The second-order valence-corrected chi connectivity index (χ2v) is 5.70. The van der Waals surface area contributed by atoms with Crippen LogP contribution in [0.25, 0.3) is 0 Å². The van der Waals surface area contributed by atoms with Crippen molar-refractivity contribution in [2.75, 3.05) is 17.2 Å². The van der Waals surface area contributed by atoms with Crippen LogP contribution >= 0.6 is 11.6 Å². The Kier molecular flexibility index (Phi) is 3.29. The van der Waals surface area contributed by atoms with Gasteiger partial charge in [-0.05, 0) is 43.2 Å². The van der Waals surface area contributed by atoms with Gasteiger partial charge in [0, 0.05) is 12.6 Å². The topological polar surface area (TPSA) is 55.0 Å². The van der Waals surface area contributed by atoms with Gasteiger partial charge in [-0.25, -0.2) is 4.98 Å². The van der Waals surface area contributed by atoms with Crippen LogP contribution in [0.3, 0.4) is 0 Å². The fourth-order valence-electron chi connectivity index (χ4n) is 3.48. The zero-order valence-corrected chi connectivity index (χ0v) is 11.2. The number of hydrogen-bond acceptors (Lipinski definition) is 4. The minimum Gasteiger partial charge on any atom is -0.394 e. The van der Waals surface area contributed by atoms with E-state index in [2.05, 4.69) is 14.9 Å². The zero-order chi connectivity index (χ0) is 12.5. The van der Waals surface area contributed by atoms with Gasteiger partial charge < -0.3 is 10.6 Å². The number of nitrogens with zero attached hydrogens (tertiary/aromatic N) is 3. The van der Waals surface area contributed by atoms with Crippen LogP contribution in [0.15, 0.2) is 6.20 Å². The fourth-order valence-corrected chi connectivity index (χ4v) is 3.61. The van der Waals surface area contributed by atoms with E-state index in [-0.39, 0.29) is 5.28 Å². The van der Waals surface area contributed by atoms with Gasteiger partial charge in [0.1, 0.15) is 0 Å². The van der Waals surface area contributed by atoms with Gasteiger partial charge in [0.2, 0.25) is 5.28 Å². The van der Waals surface area contributed by atoms with E-state index in [1.165, 1.54) is 38.5 Å². The van der Waals surface area contributed by atoms with Crippen LogP contribution in [0.1, 0.15) is 38.5 Å². The molecule has 0 spiro atoms. The maximum Gasteiger partial charge on any atom is 0.224 e. The van der Waals surface area contributed by atoms with Gasteiger partial charge in [-0.1, -0.05) is 12.8 Å². The monoisotopic (exact) mass is 266 g/mol. The number of aromatic nitrogens is 2. The summed E-state index contributed by atoms with van der Waals surface area (Å²) in [7, 11) is 0. The van der Waals surface area contributed by atoms with Gasteiger partial charge in [-0.2, -0.15) is 4.98 Å². The standard InChI is InChI=1S/C13H19ClN4/c14-13-16-8-10(15)12(17-13)18-7-3-5-9-4-1-2-6-11(9)18/h8-9,11H,1-7,15H2. The summed E-state index contributed by atoms with van der Waals surface area (Å²) in [5, 5.41) is 0.289. The van der Waals surface area contributed by atoms with Crippen molar-refractivity contribution in [3.8, 4) is 0 Å². The summed E-state index contributed by atoms with van der Waals surface area (Å²) < 4.78 is 0. The predicted molar refractivity (Wildman–Crippen MR) is 73.8 cm³/mol. The van der Waals surface area contributed by atoms with Crippen LogP contribution < -0.4 is 10.6 Å². The van der Waals surface area contributed by atoms with Crippen LogP contribution in [0.4, 0.5) is 11.5 Å². The third-order valence-electron chi connectivity index (χ3n) is 4.28. The van der Waals surface area contributed by atoms with Gasteiger partial charge in [0.05, 0.1) is 11.9 Å². The smallest absolute Gasteiger partial charge is 0.224 e. The number of rotatable bonds is 1. The van der Waals surface area contributed by atoms with Crippen molar-refractivity contribution in [2.24, 2.45) is 5.92 Å². The zero-order valence-electron chi connectivity index (χ0n) is 10.5. The Bertz CT molecular complexity index is 435. The molecule has 0 radical (unpaired) electrons. The molecule has 2 atom stereocenters. The van der Waals surface area contributed by atoms with Crippen molar-refractivity contribution in [3.63, 3.8) is 0 Å². The molecule has 5 heteroatoms. The van der Waals surface area contributed by atoms with Crippen molar-refractivity contribution >= 4 is 23.1 Å². The average Bonchev–Trinajstić information content (AvgIpc) is 2.41. The van der Waals surface area contributed by atoms with E-state index in [4.69, 9.17) is 17.3 Å². The van der Waals surface area contributed by atoms with Crippen LogP contribution in [0.2, 0.25) is 5.28 Å². The maximum atomic E-state index is 6.02. The molecule has 98 valence electrons. The number of nitrogens with two attached hydrogens (primary N) is 1. The molecule has 0 bridgehead atoms. The Morgan fingerprint density at radius 1 is 1.22 bits per heavy atom. The molecule has 1 saturated heterocycles. The van der Waals surface area contributed by atoms with E-state index >= 15 is 0 Å². The van der Waals surface area contributed by atoms with E-state index in [1.54, 1.807) is 6.20 Å². The second-order valence-electron chi connectivity index (χ2n) is 5.37. The van der Waals surface area contributed by atoms with Gasteiger partial charge in [0.15, 0.2) is 5.82 Å². The third-order valence-corrected chi connectivity index (χ3v) is 4.46. The fraction of sp³-hybridized carbons (Fsp3) is 0.692. The summed E-state index contributed by atoms with van der Waals surface area (Å²) in [6.45, 7) is 1.04. The summed E-state index contributed by atoms with van der Waals surface area (Å²) in [6.07, 6.45) is 9.48. The minimum atomic E-state index is 0.289. The number of nitrogen functional groups attached to an aromatic ring is 1. The Morgan fingerprint density at radius 3 is 2.89 bits per heavy atom. The molecule has 1 aliphatic carbocycles. The Hall–Kier alpha value is -1.03. The van der Waals surface area contributed by atoms with Crippen molar-refractivity contribution in [3.05, 3.63) is 11.5 Å². The summed E-state index contributed by atoms with van der Waals surface area (Å²) in [6, 6.07) is 0.598. The van der Waals surface area contributed by atoms with E-state index in [1.807, 2.05) is 0 Å². The summed E-state index contributed by atoms with van der Waals surface area (Å²) in [4.78, 5) is 10.7. The van der Waals surface area contributed by atoms with Crippen LogP contribution in [-0.4, -0.2) is 22.6 Å². The normalized spacial score (nSPS) is 27.9. The number of anilines is 2. The Morgan fingerprint density at radius 2 is 2.00 bits per heavy atom. The van der Waals surface area contributed by atoms with E-state index < -0.39 is 0 Å². The molecule has 2 unspecified atom stereocenters. The lowest BCUT2D eigenvalue weighted by molar-refractivity contribution is 0.243. The molecule has 2 N–H and O–H groups in total. The molecule has 2 fully saturated rings. The van der Waals surface area contributed by atoms with Crippen LogP contribution in [0.5, 0.6) is 0 Å². The summed E-state index contributed by atoms with van der Waals surface area (Å²) in [5.74, 6) is 1.65. The van der Waals surface area contributed by atoms with Crippen molar-refractivity contribution in [1.82, 2.24) is 9.97 Å². The Balaban J connectivity index is 1.91. The first kappa shape index (κ1) is 12.0. The van der Waals surface area contributed by atoms with Crippen LogP contribution in [0, 0.1) is 5.92 Å². The highest BCUT2D eigenvalue weighted by Crippen LogP contribution is 2.38. The molecular formula is C13H19ClN4. The quantitative estimate of drug-likeness (QED) is 0.794. The molecule has 4 nitrogen and oxygen atoms in total. The predicted octanol–water partition coefficient (Wildman–Crippen LogP) is 2.87. The summed E-state index contributed by atoms with van der Waals surface area (Å²) >= 11 is 5.91. The molecule has 1 aliphatic heterocycles. The molecule has 0 amide bonds. The number of hydrogen-bond donors (Lipinski definition) is 1. The first-order valence-electron chi connectivity index (χ1n) is 6.80. The lowest BCUT2D eigenvalue weighted by Gasteiger charge is -2.45. The molecule has 18 heavy (non-hydrogen) atoms. The molecule has 2 heterocycles. The van der Waals surface area contributed by atoms with Gasteiger partial charge in [0.25, 0.3) is 0 Å². The number of fused-ring (bicyclic) bond motifs is 1. The summed E-state index contributed by atoms with van der Waals surface area (Å²) in [5.41, 5.74) is 6.66. The highest BCUT2D eigenvalue weighted by atomic mass is 35.5. The Labute approximate surface area is 113 Å². The first-order chi connectivity index (χ1) is 8.75. The highest BCUT2D eigenvalue weighted by Gasteiger charge is 2.34. The number of halogens is 1. The van der Waals surface area contributed by atoms with Crippen molar-refractivity contribution in [1.29, 1.82) is 0 Å². The number of piperidine rings is 1. The SMILES string of the molecule is Nc1cnc(Cl)nc1N1CCCC2CCCCC21. The van der Waals surface area contributed by atoms with E-state index in [0.717, 1.165) is 18.3 Å². The molecule has 1 saturated carbocycles. The van der Waals surface area contributed by atoms with Crippen LogP contribution in [-0.2, 0) is 0 Å². The van der Waals surface area contributed by atoms with Crippen molar-refractivity contribution in [2.45, 2.75) is 44.6 Å². The average molecular weight is 267 g/mol. The third kappa shape index (κ3) is 2.14. The molecule has 0 aromatic carbocycles. The molecular weight excluding hydrogens is 248 g/mol. The molecule has 2 aliphatic rings. The van der Waals surface area contributed by atoms with Gasteiger partial charge in [-0.3, -0.25) is 0 Å². The van der Waals surface area contributed by atoms with Gasteiger partial charge >= 0.3 is 0 Å². The van der Waals surface area contributed by atoms with Gasteiger partial charge in [-0.15, -0.1) is 0 Å². The van der Waals surface area contributed by atoms with E-state index in [0.29, 0.717) is 11.7 Å². The minimum absolute atomic E-state index is 0.289. The maximum absolute atomic E-state index is 6.02. The lowest BCUT2D eigenvalue weighted by Crippen LogP contribution is -2.47.